The molecule has 0 saturated heterocycles. The van der Waals surface area contributed by atoms with Crippen molar-refractivity contribution in [2.75, 3.05) is 18.4 Å². The Morgan fingerprint density at radius 3 is 2.74 bits per heavy atom. The van der Waals surface area contributed by atoms with Crippen molar-refractivity contribution in [3.05, 3.63) is 65.5 Å². The molecule has 2 amide bonds. The molecular formula is C25H24N6O6S. The maximum Gasteiger partial charge on any atom is 0.296 e. The van der Waals surface area contributed by atoms with Gasteiger partial charge in [0.15, 0.2) is 11.4 Å². The molecule has 4 aromatic rings. The zero-order valence-corrected chi connectivity index (χ0v) is 21.3. The first-order valence-corrected chi connectivity index (χ1v) is 12.8. The van der Waals surface area contributed by atoms with E-state index in [1.165, 1.54) is 13.2 Å². The van der Waals surface area contributed by atoms with E-state index >= 15 is 0 Å². The largest absolute Gasteiger partial charge is 0.495 e. The smallest absolute Gasteiger partial charge is 0.296 e. The number of aromatic nitrogens is 3. The molecule has 0 atom stereocenters. The number of para-hydroxylation sites is 1. The zero-order chi connectivity index (χ0) is 27.3. The van der Waals surface area contributed by atoms with Gasteiger partial charge in [-0.05, 0) is 42.2 Å². The first kappa shape index (κ1) is 26.2. The third-order valence-corrected chi connectivity index (χ3v) is 6.86. The first-order chi connectivity index (χ1) is 18.2. The van der Waals surface area contributed by atoms with E-state index in [4.69, 9.17) is 15.7 Å². The number of nitrogens with zero attached hydrogens (tertiary/aromatic N) is 3. The summed E-state index contributed by atoms with van der Waals surface area (Å²) in [5.74, 6) is 1.11. The number of amides is 2. The maximum atomic E-state index is 13.0. The minimum Gasteiger partial charge on any atom is -0.495 e. The lowest BCUT2D eigenvalue weighted by atomic mass is 10.1. The predicted molar refractivity (Wildman–Crippen MR) is 138 cm³/mol. The van der Waals surface area contributed by atoms with Gasteiger partial charge < -0.3 is 19.9 Å². The molecule has 196 valence electrons. The SMILES string of the molecule is C#CC(=O)NCC(=O)NCc1cnn(Cc2cc(C)c3c(NS(=O)(=O)c4ccccc4OC)noc3c2)c1. The van der Waals surface area contributed by atoms with Crippen LogP contribution in [0.5, 0.6) is 5.75 Å². The number of hydrogen-bond acceptors (Lipinski definition) is 8. The summed E-state index contributed by atoms with van der Waals surface area (Å²) in [6.07, 6.45) is 8.33. The quantitative estimate of drug-likeness (QED) is 0.258. The number of nitrogens with one attached hydrogen (secondary N) is 3. The van der Waals surface area contributed by atoms with Gasteiger partial charge in [-0.3, -0.25) is 19.0 Å². The van der Waals surface area contributed by atoms with E-state index in [2.05, 4.69) is 25.6 Å². The topological polar surface area (TPSA) is 157 Å². The van der Waals surface area contributed by atoms with E-state index in [1.807, 2.05) is 18.9 Å². The molecule has 2 aromatic carbocycles. The van der Waals surface area contributed by atoms with E-state index in [9.17, 15) is 18.0 Å². The number of terminal acetylenes is 1. The van der Waals surface area contributed by atoms with Crippen LogP contribution in [0.4, 0.5) is 5.82 Å². The van der Waals surface area contributed by atoms with Gasteiger partial charge in [0.25, 0.3) is 15.9 Å². The van der Waals surface area contributed by atoms with Crippen molar-refractivity contribution in [3.63, 3.8) is 0 Å². The highest BCUT2D eigenvalue weighted by atomic mass is 32.2. The molecule has 0 fully saturated rings. The average Bonchev–Trinajstić information content (AvgIpc) is 3.52. The van der Waals surface area contributed by atoms with Gasteiger partial charge in [-0.1, -0.05) is 23.4 Å². The Hall–Kier alpha value is -4.83. The number of fused-ring (bicyclic) bond motifs is 1. The van der Waals surface area contributed by atoms with Gasteiger partial charge in [-0.25, -0.2) is 8.42 Å². The number of carbonyl (C=O) groups is 2. The second-order valence-electron chi connectivity index (χ2n) is 8.22. The van der Waals surface area contributed by atoms with Crippen molar-refractivity contribution >= 4 is 38.6 Å². The first-order valence-electron chi connectivity index (χ1n) is 11.3. The highest BCUT2D eigenvalue weighted by Gasteiger charge is 2.23. The Morgan fingerprint density at radius 2 is 1.97 bits per heavy atom. The van der Waals surface area contributed by atoms with Gasteiger partial charge in [0.1, 0.15) is 10.6 Å². The normalized spacial score (nSPS) is 11.1. The fourth-order valence-electron chi connectivity index (χ4n) is 3.77. The highest BCUT2D eigenvalue weighted by Crippen LogP contribution is 2.31. The fourth-order valence-corrected chi connectivity index (χ4v) is 4.95. The van der Waals surface area contributed by atoms with Crippen LogP contribution in [0, 0.1) is 19.3 Å². The Balaban J connectivity index is 1.45. The monoisotopic (exact) mass is 536 g/mol. The number of benzene rings is 2. The minimum absolute atomic E-state index is 0.0177. The lowest BCUT2D eigenvalue weighted by Crippen LogP contribution is -2.35. The fraction of sp³-hybridized carbons (Fsp3) is 0.200. The number of aryl methyl sites for hydroxylation is 1. The predicted octanol–water partition coefficient (Wildman–Crippen LogP) is 1.56. The van der Waals surface area contributed by atoms with Crippen LogP contribution in [-0.2, 0) is 32.7 Å². The van der Waals surface area contributed by atoms with Crippen LogP contribution in [0.2, 0.25) is 0 Å². The molecule has 4 rings (SSSR count). The number of rotatable bonds is 10. The van der Waals surface area contributed by atoms with Crippen molar-refractivity contribution < 1.29 is 27.3 Å². The third-order valence-electron chi connectivity index (χ3n) is 5.48. The van der Waals surface area contributed by atoms with Gasteiger partial charge in [0, 0.05) is 18.3 Å². The second kappa shape index (κ2) is 11.1. The summed E-state index contributed by atoms with van der Waals surface area (Å²) in [7, 11) is -2.59. The molecule has 0 aliphatic rings. The maximum absolute atomic E-state index is 13.0. The minimum atomic E-state index is -3.98. The van der Waals surface area contributed by atoms with Crippen LogP contribution >= 0.6 is 0 Å². The molecule has 2 heterocycles. The molecule has 0 saturated carbocycles. The number of anilines is 1. The molecule has 0 aliphatic carbocycles. The molecule has 2 aromatic heterocycles. The van der Waals surface area contributed by atoms with E-state index < -0.39 is 15.9 Å². The molecule has 0 bridgehead atoms. The van der Waals surface area contributed by atoms with Crippen LogP contribution < -0.4 is 20.1 Å². The number of methoxy groups -OCH3 is 1. The second-order valence-corrected chi connectivity index (χ2v) is 9.87. The molecule has 0 unspecified atom stereocenters. The van der Waals surface area contributed by atoms with Crippen molar-refractivity contribution in [2.24, 2.45) is 0 Å². The summed E-state index contributed by atoms with van der Waals surface area (Å²) in [5.41, 5.74) is 2.77. The van der Waals surface area contributed by atoms with Crippen molar-refractivity contribution in [1.82, 2.24) is 25.6 Å². The zero-order valence-electron chi connectivity index (χ0n) is 20.5. The van der Waals surface area contributed by atoms with Gasteiger partial charge >= 0.3 is 0 Å². The molecule has 12 nitrogen and oxygen atoms in total. The van der Waals surface area contributed by atoms with Crippen molar-refractivity contribution in [3.8, 4) is 18.1 Å². The number of hydrogen-bond donors (Lipinski definition) is 3. The average molecular weight is 537 g/mol. The highest BCUT2D eigenvalue weighted by molar-refractivity contribution is 7.92. The Kier molecular flexibility index (Phi) is 7.63. The molecule has 13 heteroatoms. The molecular weight excluding hydrogens is 512 g/mol. The summed E-state index contributed by atoms with van der Waals surface area (Å²) >= 11 is 0. The van der Waals surface area contributed by atoms with Gasteiger partial charge in [-0.2, -0.15) is 5.10 Å². The van der Waals surface area contributed by atoms with Crippen molar-refractivity contribution in [1.29, 1.82) is 0 Å². The van der Waals surface area contributed by atoms with E-state index in [0.29, 0.717) is 17.5 Å². The Labute approximate surface area is 218 Å². The lowest BCUT2D eigenvalue weighted by molar-refractivity contribution is -0.123. The summed E-state index contributed by atoms with van der Waals surface area (Å²) in [4.78, 5) is 22.8. The summed E-state index contributed by atoms with van der Waals surface area (Å²) in [5, 5.41) is 13.7. The molecule has 3 N–H and O–H groups in total. The van der Waals surface area contributed by atoms with E-state index in [0.717, 1.165) is 16.7 Å². The summed E-state index contributed by atoms with van der Waals surface area (Å²) in [6.45, 7) is 2.23. The Bertz CT molecular complexity index is 1650. The van der Waals surface area contributed by atoms with Crippen LogP contribution in [0.15, 0.2) is 58.2 Å². The van der Waals surface area contributed by atoms with Crippen LogP contribution in [0.25, 0.3) is 11.0 Å². The summed E-state index contributed by atoms with van der Waals surface area (Å²) < 4.78 is 40.8. The van der Waals surface area contributed by atoms with Gasteiger partial charge in [0.2, 0.25) is 5.91 Å². The van der Waals surface area contributed by atoms with Gasteiger partial charge in [0.05, 0.1) is 31.8 Å². The van der Waals surface area contributed by atoms with Crippen LogP contribution in [0.3, 0.4) is 0 Å². The molecule has 0 aliphatic heterocycles. The Morgan fingerprint density at radius 1 is 1.18 bits per heavy atom. The molecule has 0 spiro atoms. The lowest BCUT2D eigenvalue weighted by Gasteiger charge is -2.10. The van der Waals surface area contributed by atoms with Crippen LogP contribution in [0.1, 0.15) is 16.7 Å². The number of ether oxygens (including phenoxy) is 1. The van der Waals surface area contributed by atoms with E-state index in [-0.39, 0.29) is 35.5 Å². The third kappa shape index (κ3) is 5.93. The van der Waals surface area contributed by atoms with Crippen LogP contribution in [-0.4, -0.2) is 48.8 Å². The summed E-state index contributed by atoms with van der Waals surface area (Å²) in [6, 6.07) is 9.92. The van der Waals surface area contributed by atoms with Crippen molar-refractivity contribution in [2.45, 2.75) is 24.9 Å². The molecule has 38 heavy (non-hydrogen) atoms. The molecule has 0 radical (unpaired) electrons. The van der Waals surface area contributed by atoms with E-state index in [1.54, 1.807) is 41.3 Å². The number of carbonyl (C=O) groups excluding carboxylic acids is 2. The number of sulfonamides is 1. The van der Waals surface area contributed by atoms with Gasteiger partial charge in [-0.15, -0.1) is 6.42 Å². The standard InChI is InChI=1S/C25H24N6O6S/c1-4-22(32)27-13-23(33)26-11-18-12-28-31(15-18)14-17-9-16(2)24-20(10-17)37-29-25(24)30-38(34,35)21-8-6-5-7-19(21)36-3/h1,5-10,12,15H,11,13-14H2,2-3H3,(H,26,33)(H,27,32)(H,29,30).